The van der Waals surface area contributed by atoms with Crippen molar-refractivity contribution in [2.45, 2.75) is 25.5 Å². The predicted molar refractivity (Wildman–Crippen MR) is 105 cm³/mol. The first-order chi connectivity index (χ1) is 13.6. The summed E-state index contributed by atoms with van der Waals surface area (Å²) >= 11 is 0. The second kappa shape index (κ2) is 6.21. The molecule has 0 bridgehead atoms. The number of aliphatic hydroxyl groups is 1. The van der Waals surface area contributed by atoms with E-state index in [0.717, 1.165) is 47.3 Å². The topological polar surface area (TPSA) is 89.5 Å². The molecule has 1 aliphatic heterocycles. The number of aromatic nitrogens is 2. The van der Waals surface area contributed by atoms with Crippen molar-refractivity contribution in [3.05, 3.63) is 71.5 Å². The molecule has 2 aliphatic rings. The monoisotopic (exact) mass is 375 g/mol. The average Bonchev–Trinajstić information content (AvgIpc) is 3.42. The Morgan fingerprint density at radius 1 is 1.11 bits per heavy atom. The van der Waals surface area contributed by atoms with Crippen molar-refractivity contribution in [1.82, 2.24) is 10.2 Å². The second-order valence-electron chi connectivity index (χ2n) is 7.86. The Labute approximate surface area is 162 Å². The fourth-order valence-corrected chi connectivity index (χ4v) is 4.73. The number of aromatic amines is 1. The van der Waals surface area contributed by atoms with Crippen molar-refractivity contribution in [2.75, 3.05) is 11.4 Å². The zero-order valence-corrected chi connectivity index (χ0v) is 15.3. The maximum absolute atomic E-state index is 11.3. The lowest BCUT2D eigenvalue weighted by Crippen LogP contribution is -2.40. The van der Waals surface area contributed by atoms with Gasteiger partial charge in [0.2, 0.25) is 0 Å². The van der Waals surface area contributed by atoms with Crippen molar-refractivity contribution in [1.29, 1.82) is 0 Å². The molecule has 2 aromatic carbocycles. The Morgan fingerprint density at radius 2 is 1.89 bits per heavy atom. The number of hydrogen-bond acceptors (Lipinski definition) is 4. The van der Waals surface area contributed by atoms with Crippen molar-refractivity contribution in [2.24, 2.45) is 5.41 Å². The largest absolute Gasteiger partial charge is 0.478 e. The van der Waals surface area contributed by atoms with Crippen LogP contribution in [-0.2, 0) is 12.8 Å². The van der Waals surface area contributed by atoms with Gasteiger partial charge in [0.25, 0.3) is 0 Å². The number of aromatic carboxylic acids is 1. The van der Waals surface area contributed by atoms with E-state index in [2.05, 4.69) is 15.1 Å². The van der Waals surface area contributed by atoms with Crippen LogP contribution in [0.15, 0.2) is 54.9 Å². The molecule has 28 heavy (non-hydrogen) atoms. The Hall–Kier alpha value is -3.12. The summed E-state index contributed by atoms with van der Waals surface area (Å²) in [7, 11) is 0. The van der Waals surface area contributed by atoms with Gasteiger partial charge in [0.15, 0.2) is 0 Å². The van der Waals surface area contributed by atoms with Crippen LogP contribution in [0.5, 0.6) is 0 Å². The summed E-state index contributed by atoms with van der Waals surface area (Å²) in [6.45, 7) is 0.784. The van der Waals surface area contributed by atoms with Crippen molar-refractivity contribution >= 4 is 11.7 Å². The molecule has 2 unspecified atom stereocenters. The molecule has 0 amide bonds. The highest BCUT2D eigenvalue weighted by atomic mass is 16.4. The summed E-state index contributed by atoms with van der Waals surface area (Å²) in [4.78, 5) is 13.3. The summed E-state index contributed by atoms with van der Waals surface area (Å²) in [5, 5.41) is 27.2. The van der Waals surface area contributed by atoms with Crippen LogP contribution >= 0.6 is 0 Å². The van der Waals surface area contributed by atoms with Gasteiger partial charge in [-0.05, 0) is 60.2 Å². The minimum absolute atomic E-state index is 0.247. The summed E-state index contributed by atoms with van der Waals surface area (Å²) in [5.41, 5.74) is 5.38. The molecule has 1 aromatic heterocycles. The molecule has 6 nitrogen and oxygen atoms in total. The SMILES string of the molecule is O=C(O)c1ccc2c(c1)CC1(CCN(c3ccc(-c4cn[nH]c4)cc3)C1O)C2. The third kappa shape index (κ3) is 2.60. The summed E-state index contributed by atoms with van der Waals surface area (Å²) in [5.74, 6) is -0.907. The molecule has 1 aliphatic carbocycles. The van der Waals surface area contributed by atoms with E-state index in [4.69, 9.17) is 0 Å². The molecule has 0 saturated carbocycles. The summed E-state index contributed by atoms with van der Waals surface area (Å²) < 4.78 is 0. The van der Waals surface area contributed by atoms with Crippen LogP contribution in [0.25, 0.3) is 11.1 Å². The lowest BCUT2D eigenvalue weighted by molar-refractivity contribution is 0.0616. The van der Waals surface area contributed by atoms with Crippen LogP contribution in [0, 0.1) is 5.41 Å². The summed E-state index contributed by atoms with van der Waals surface area (Å²) in [6, 6.07) is 13.5. The molecule has 3 aromatic rings. The maximum atomic E-state index is 11.3. The Kier molecular flexibility index (Phi) is 3.77. The molecule has 1 saturated heterocycles. The van der Waals surface area contributed by atoms with Crippen LogP contribution < -0.4 is 4.90 Å². The first-order valence-electron chi connectivity index (χ1n) is 9.45. The molecular formula is C22H21N3O3. The number of benzene rings is 2. The predicted octanol–water partition coefficient (Wildman–Crippen LogP) is 3.09. The van der Waals surface area contributed by atoms with Gasteiger partial charge >= 0.3 is 5.97 Å². The van der Waals surface area contributed by atoms with E-state index >= 15 is 0 Å². The van der Waals surface area contributed by atoms with Crippen LogP contribution in [-0.4, -0.2) is 39.2 Å². The molecule has 2 atom stereocenters. The van der Waals surface area contributed by atoms with Gasteiger partial charge in [0.05, 0.1) is 11.8 Å². The molecule has 1 spiro atoms. The second-order valence-corrected chi connectivity index (χ2v) is 7.86. The smallest absolute Gasteiger partial charge is 0.335 e. The van der Waals surface area contributed by atoms with Crippen molar-refractivity contribution < 1.29 is 15.0 Å². The number of anilines is 1. The van der Waals surface area contributed by atoms with Crippen molar-refractivity contribution in [3.63, 3.8) is 0 Å². The number of fused-ring (bicyclic) bond motifs is 1. The molecule has 1 fully saturated rings. The number of carboxylic acid groups (broad SMARTS) is 1. The summed E-state index contributed by atoms with van der Waals surface area (Å²) in [6.07, 6.45) is 5.44. The van der Waals surface area contributed by atoms with E-state index in [0.29, 0.717) is 12.0 Å². The van der Waals surface area contributed by atoms with E-state index < -0.39 is 12.2 Å². The zero-order chi connectivity index (χ0) is 19.3. The average molecular weight is 375 g/mol. The van der Waals surface area contributed by atoms with Crippen molar-refractivity contribution in [3.8, 4) is 11.1 Å². The van der Waals surface area contributed by atoms with E-state index in [1.165, 1.54) is 0 Å². The Balaban J connectivity index is 1.38. The van der Waals surface area contributed by atoms with Crippen LogP contribution in [0.3, 0.4) is 0 Å². The van der Waals surface area contributed by atoms with Gasteiger partial charge in [-0.25, -0.2) is 4.79 Å². The first-order valence-corrected chi connectivity index (χ1v) is 9.45. The zero-order valence-electron chi connectivity index (χ0n) is 15.3. The fraction of sp³-hybridized carbons (Fsp3) is 0.273. The van der Waals surface area contributed by atoms with E-state index in [9.17, 15) is 15.0 Å². The lowest BCUT2D eigenvalue weighted by Gasteiger charge is -2.32. The number of nitrogens with zero attached hydrogens (tertiary/aromatic N) is 2. The van der Waals surface area contributed by atoms with Crippen LogP contribution in [0.1, 0.15) is 27.9 Å². The van der Waals surface area contributed by atoms with Gasteiger partial charge < -0.3 is 15.1 Å². The normalized spacial score (nSPS) is 23.3. The molecule has 142 valence electrons. The van der Waals surface area contributed by atoms with Gasteiger partial charge in [-0.15, -0.1) is 0 Å². The highest BCUT2D eigenvalue weighted by molar-refractivity contribution is 5.88. The number of carboxylic acids is 1. The molecule has 6 heteroatoms. The van der Waals surface area contributed by atoms with Gasteiger partial charge in [-0.3, -0.25) is 5.10 Å². The molecular weight excluding hydrogens is 354 g/mol. The molecule has 0 radical (unpaired) electrons. The Bertz CT molecular complexity index is 1030. The number of aliphatic hydroxyl groups excluding tert-OH is 1. The minimum Gasteiger partial charge on any atom is -0.478 e. The molecule has 5 rings (SSSR count). The van der Waals surface area contributed by atoms with Gasteiger partial charge in [-0.1, -0.05) is 18.2 Å². The van der Waals surface area contributed by atoms with E-state index in [1.54, 1.807) is 18.3 Å². The van der Waals surface area contributed by atoms with Gasteiger partial charge in [0, 0.05) is 29.4 Å². The highest BCUT2D eigenvalue weighted by Gasteiger charge is 2.50. The fourth-order valence-electron chi connectivity index (χ4n) is 4.73. The van der Waals surface area contributed by atoms with E-state index in [1.807, 2.05) is 36.5 Å². The maximum Gasteiger partial charge on any atom is 0.335 e. The lowest BCUT2D eigenvalue weighted by atomic mass is 9.82. The van der Waals surface area contributed by atoms with Crippen LogP contribution in [0.4, 0.5) is 5.69 Å². The van der Waals surface area contributed by atoms with E-state index in [-0.39, 0.29) is 5.41 Å². The molecule has 2 heterocycles. The quantitative estimate of drug-likeness (QED) is 0.655. The highest BCUT2D eigenvalue weighted by Crippen LogP contribution is 2.48. The number of carbonyl (C=O) groups is 1. The third-order valence-corrected chi connectivity index (χ3v) is 6.26. The number of nitrogens with one attached hydrogen (secondary N) is 1. The molecule has 3 N–H and O–H groups in total. The van der Waals surface area contributed by atoms with Gasteiger partial charge in [0.1, 0.15) is 6.23 Å². The first kappa shape index (κ1) is 17.0. The standard InChI is InChI=1S/C22H21N3O3/c26-20(27)15-1-2-16-10-22(11-17(16)9-15)7-8-25(21(22)28)19-5-3-14(4-6-19)18-12-23-24-13-18/h1-6,9,12-13,21,28H,7-8,10-11H2,(H,23,24)(H,26,27). The third-order valence-electron chi connectivity index (χ3n) is 6.26. The minimum atomic E-state index is -0.907. The van der Waals surface area contributed by atoms with Gasteiger partial charge in [-0.2, -0.15) is 5.10 Å². The van der Waals surface area contributed by atoms with Crippen LogP contribution in [0.2, 0.25) is 0 Å². The number of hydrogen-bond donors (Lipinski definition) is 3. The Morgan fingerprint density at radius 3 is 2.61 bits per heavy atom. The number of H-pyrrole nitrogens is 1. The number of rotatable bonds is 3.